The van der Waals surface area contributed by atoms with Crippen molar-refractivity contribution in [2.45, 2.75) is 25.0 Å². The van der Waals surface area contributed by atoms with Crippen LogP contribution in [0.3, 0.4) is 0 Å². The number of nitrogens with one attached hydrogen (secondary N) is 2. The lowest BCUT2D eigenvalue weighted by molar-refractivity contribution is 0.0274. The Hall–Kier alpha value is -1.30. The predicted molar refractivity (Wildman–Crippen MR) is 81.1 cm³/mol. The number of benzene rings is 1. The largest absolute Gasteiger partial charge is 0.493 e. The van der Waals surface area contributed by atoms with Gasteiger partial charge in [-0.05, 0) is 37.1 Å². The van der Waals surface area contributed by atoms with E-state index in [9.17, 15) is 0 Å². The Labute approximate surface area is 126 Å². The van der Waals surface area contributed by atoms with Crippen LogP contribution >= 0.6 is 0 Å². The summed E-state index contributed by atoms with van der Waals surface area (Å²) in [5, 5.41) is 6.73. The minimum Gasteiger partial charge on any atom is -0.493 e. The summed E-state index contributed by atoms with van der Waals surface area (Å²) in [4.78, 5) is 0. The zero-order valence-corrected chi connectivity index (χ0v) is 12.6. The number of piperidine rings is 1. The molecule has 0 saturated carbocycles. The Bertz CT molecular complexity index is 455. The molecule has 5 heteroatoms. The van der Waals surface area contributed by atoms with Crippen LogP contribution in [0.4, 0.5) is 0 Å². The maximum Gasteiger partial charge on any atom is 0.162 e. The zero-order valence-electron chi connectivity index (χ0n) is 12.6. The molecular formula is C16H24N2O3. The van der Waals surface area contributed by atoms with Crippen LogP contribution in [0.25, 0.3) is 0 Å². The van der Waals surface area contributed by atoms with Crippen LogP contribution in [0, 0.1) is 0 Å². The summed E-state index contributed by atoms with van der Waals surface area (Å²) in [6.45, 7) is 4.49. The first-order valence-electron chi connectivity index (χ1n) is 7.74. The second-order valence-corrected chi connectivity index (χ2v) is 5.56. The van der Waals surface area contributed by atoms with Gasteiger partial charge in [-0.2, -0.15) is 0 Å². The smallest absolute Gasteiger partial charge is 0.162 e. The molecule has 1 aromatic rings. The van der Waals surface area contributed by atoms with E-state index in [4.69, 9.17) is 14.2 Å². The van der Waals surface area contributed by atoms with Gasteiger partial charge in [-0.15, -0.1) is 0 Å². The lowest BCUT2D eigenvalue weighted by atomic mass is 10.1. The summed E-state index contributed by atoms with van der Waals surface area (Å²) >= 11 is 0. The molecule has 3 rings (SSSR count). The summed E-state index contributed by atoms with van der Waals surface area (Å²) in [6, 6.07) is 6.09. The standard InChI is InChI=1S/C16H24N2O3/c1-19-14-5-4-12(16-11-18-7-8-20-16)9-15(14)21-13-3-2-6-17-10-13/h4-5,9,13,16-18H,2-3,6-8,10-11H2,1H3. The van der Waals surface area contributed by atoms with Crippen molar-refractivity contribution < 1.29 is 14.2 Å². The van der Waals surface area contributed by atoms with E-state index in [-0.39, 0.29) is 12.2 Å². The van der Waals surface area contributed by atoms with E-state index < -0.39 is 0 Å². The Kier molecular flexibility index (Phi) is 4.95. The summed E-state index contributed by atoms with van der Waals surface area (Å²) in [5.74, 6) is 1.60. The minimum absolute atomic E-state index is 0.0940. The van der Waals surface area contributed by atoms with Crippen LogP contribution < -0.4 is 20.1 Å². The van der Waals surface area contributed by atoms with Crippen molar-refractivity contribution in [2.24, 2.45) is 0 Å². The minimum atomic E-state index is 0.0940. The van der Waals surface area contributed by atoms with Crippen molar-refractivity contribution in [3.05, 3.63) is 23.8 Å². The number of ether oxygens (including phenoxy) is 3. The molecule has 2 aliphatic heterocycles. The highest BCUT2D eigenvalue weighted by Gasteiger charge is 2.20. The summed E-state index contributed by atoms with van der Waals surface area (Å²) in [7, 11) is 1.68. The Morgan fingerprint density at radius 2 is 2.05 bits per heavy atom. The molecule has 0 amide bonds. The van der Waals surface area contributed by atoms with Gasteiger partial charge in [0.1, 0.15) is 6.10 Å². The molecule has 2 fully saturated rings. The Morgan fingerprint density at radius 3 is 2.76 bits per heavy atom. The van der Waals surface area contributed by atoms with Gasteiger partial charge in [0.25, 0.3) is 0 Å². The highest BCUT2D eigenvalue weighted by Crippen LogP contribution is 2.33. The van der Waals surface area contributed by atoms with Gasteiger partial charge >= 0.3 is 0 Å². The average Bonchev–Trinajstić information content (AvgIpc) is 2.56. The van der Waals surface area contributed by atoms with Gasteiger partial charge < -0.3 is 24.8 Å². The lowest BCUT2D eigenvalue weighted by Crippen LogP contribution is -2.37. The number of hydrogen-bond acceptors (Lipinski definition) is 5. The summed E-state index contributed by atoms with van der Waals surface area (Å²) in [6.07, 6.45) is 2.55. The van der Waals surface area contributed by atoms with Crippen LogP contribution in [-0.4, -0.2) is 46.0 Å². The van der Waals surface area contributed by atoms with E-state index >= 15 is 0 Å². The predicted octanol–water partition coefficient (Wildman–Crippen LogP) is 1.49. The lowest BCUT2D eigenvalue weighted by Gasteiger charge is -2.27. The van der Waals surface area contributed by atoms with Crippen molar-refractivity contribution in [2.75, 3.05) is 39.9 Å². The first-order valence-corrected chi connectivity index (χ1v) is 7.74. The van der Waals surface area contributed by atoms with Gasteiger partial charge in [-0.25, -0.2) is 0 Å². The number of morpholine rings is 1. The molecule has 2 unspecified atom stereocenters. The molecule has 2 atom stereocenters. The molecule has 2 saturated heterocycles. The molecule has 116 valence electrons. The van der Waals surface area contributed by atoms with Crippen molar-refractivity contribution in [1.82, 2.24) is 10.6 Å². The molecule has 2 N–H and O–H groups in total. The third kappa shape index (κ3) is 3.67. The summed E-state index contributed by atoms with van der Waals surface area (Å²) < 4.78 is 17.4. The quantitative estimate of drug-likeness (QED) is 0.880. The number of methoxy groups -OCH3 is 1. The fourth-order valence-corrected chi connectivity index (χ4v) is 2.87. The van der Waals surface area contributed by atoms with Crippen LogP contribution in [0.1, 0.15) is 24.5 Å². The molecule has 1 aromatic carbocycles. The Morgan fingerprint density at radius 1 is 1.14 bits per heavy atom. The molecule has 0 bridgehead atoms. The van der Waals surface area contributed by atoms with Crippen molar-refractivity contribution in [3.63, 3.8) is 0 Å². The van der Waals surface area contributed by atoms with E-state index in [0.717, 1.165) is 62.7 Å². The average molecular weight is 292 g/mol. The van der Waals surface area contributed by atoms with Gasteiger partial charge in [-0.1, -0.05) is 6.07 Å². The topological polar surface area (TPSA) is 51.8 Å². The van der Waals surface area contributed by atoms with Crippen LogP contribution in [0.15, 0.2) is 18.2 Å². The fraction of sp³-hybridized carbons (Fsp3) is 0.625. The number of hydrogen-bond donors (Lipinski definition) is 2. The molecule has 5 nitrogen and oxygen atoms in total. The summed E-state index contributed by atoms with van der Waals surface area (Å²) in [5.41, 5.74) is 1.14. The van der Waals surface area contributed by atoms with Crippen LogP contribution in [0.2, 0.25) is 0 Å². The van der Waals surface area contributed by atoms with E-state index in [1.165, 1.54) is 0 Å². The first-order chi connectivity index (χ1) is 10.4. The Balaban J connectivity index is 1.75. The highest BCUT2D eigenvalue weighted by atomic mass is 16.5. The van der Waals surface area contributed by atoms with Crippen molar-refractivity contribution >= 4 is 0 Å². The van der Waals surface area contributed by atoms with E-state index in [0.29, 0.717) is 0 Å². The van der Waals surface area contributed by atoms with Gasteiger partial charge in [0.05, 0.1) is 19.8 Å². The molecule has 0 aliphatic carbocycles. The number of rotatable bonds is 4. The fourth-order valence-electron chi connectivity index (χ4n) is 2.87. The van der Waals surface area contributed by atoms with E-state index in [1.54, 1.807) is 7.11 Å². The maximum absolute atomic E-state index is 6.15. The van der Waals surface area contributed by atoms with Crippen molar-refractivity contribution in [3.8, 4) is 11.5 Å². The van der Waals surface area contributed by atoms with Gasteiger partial charge in [-0.3, -0.25) is 0 Å². The molecule has 0 radical (unpaired) electrons. The van der Waals surface area contributed by atoms with Gasteiger partial charge in [0, 0.05) is 19.6 Å². The monoisotopic (exact) mass is 292 g/mol. The molecule has 0 aromatic heterocycles. The van der Waals surface area contributed by atoms with E-state index in [2.05, 4.69) is 22.8 Å². The van der Waals surface area contributed by atoms with Gasteiger partial charge in [0.2, 0.25) is 0 Å². The molecule has 2 heterocycles. The van der Waals surface area contributed by atoms with Crippen LogP contribution in [-0.2, 0) is 4.74 Å². The first kappa shape index (κ1) is 14.6. The second-order valence-electron chi connectivity index (χ2n) is 5.56. The maximum atomic E-state index is 6.15. The van der Waals surface area contributed by atoms with Crippen LogP contribution in [0.5, 0.6) is 11.5 Å². The molecule has 21 heavy (non-hydrogen) atoms. The molecular weight excluding hydrogens is 268 g/mol. The SMILES string of the molecule is COc1ccc(C2CNCCO2)cc1OC1CCCNC1. The third-order valence-corrected chi connectivity index (χ3v) is 4.03. The zero-order chi connectivity index (χ0) is 14.5. The highest BCUT2D eigenvalue weighted by molar-refractivity contribution is 5.44. The van der Waals surface area contributed by atoms with Crippen molar-refractivity contribution in [1.29, 1.82) is 0 Å². The third-order valence-electron chi connectivity index (χ3n) is 4.03. The molecule has 2 aliphatic rings. The molecule has 0 spiro atoms. The second kappa shape index (κ2) is 7.11. The normalized spacial score (nSPS) is 26.3. The van der Waals surface area contributed by atoms with Gasteiger partial charge in [0.15, 0.2) is 11.5 Å². The van der Waals surface area contributed by atoms with E-state index in [1.807, 2.05) is 6.07 Å².